The fraction of sp³-hybridized carbons (Fsp3) is 0.226. The Labute approximate surface area is 244 Å². The number of ether oxygens (including phenoxy) is 3. The van der Waals surface area contributed by atoms with Gasteiger partial charge >= 0.3 is 11.9 Å². The van der Waals surface area contributed by atoms with E-state index in [0.717, 1.165) is 11.3 Å². The summed E-state index contributed by atoms with van der Waals surface area (Å²) in [6, 6.07) is 12.7. The zero-order chi connectivity index (χ0) is 30.1. The Balaban J connectivity index is 1.66. The largest absolute Gasteiger partial charge is 0.497 e. The van der Waals surface area contributed by atoms with Crippen molar-refractivity contribution in [2.24, 2.45) is 4.99 Å². The fourth-order valence-electron chi connectivity index (χ4n) is 4.97. The average molecular weight is 589 g/mol. The lowest BCUT2D eigenvalue weighted by molar-refractivity contribution is -0.139. The van der Waals surface area contributed by atoms with Crippen molar-refractivity contribution >= 4 is 29.4 Å². The number of fused-ring (bicyclic) bond motifs is 1. The Morgan fingerprint density at radius 3 is 2.60 bits per heavy atom. The van der Waals surface area contributed by atoms with E-state index in [0.29, 0.717) is 54.7 Å². The van der Waals surface area contributed by atoms with Crippen molar-refractivity contribution in [2.75, 3.05) is 20.8 Å². The van der Waals surface area contributed by atoms with Crippen molar-refractivity contribution in [1.29, 1.82) is 0 Å². The number of rotatable bonds is 8. The number of carboxylic acid groups (broad SMARTS) is 1. The topological polar surface area (TPSA) is 130 Å². The number of hydrogen-bond acceptors (Lipinski definition) is 9. The SMILES string of the molecule is CCOC(=O)C1=C(C)N=c2s/c(=C\c3ccc(-c4cccc(C(=O)O)c4C)o3)c(=O)n2[C@H]1c1ccc(OC)cc1OC. The third-order valence-corrected chi connectivity index (χ3v) is 7.97. The number of aromatic nitrogens is 1. The molecular formula is C31H28N2O8S. The molecule has 4 aromatic rings. The Morgan fingerprint density at radius 1 is 1.12 bits per heavy atom. The second-order valence-corrected chi connectivity index (χ2v) is 10.4. The van der Waals surface area contributed by atoms with Gasteiger partial charge in [-0.25, -0.2) is 14.6 Å². The number of benzene rings is 2. The third-order valence-electron chi connectivity index (χ3n) is 6.98. The number of aromatic carboxylic acids is 1. The van der Waals surface area contributed by atoms with Crippen LogP contribution in [0.2, 0.25) is 0 Å². The Morgan fingerprint density at radius 2 is 1.90 bits per heavy atom. The van der Waals surface area contributed by atoms with E-state index < -0.39 is 18.0 Å². The van der Waals surface area contributed by atoms with Crippen molar-refractivity contribution in [2.45, 2.75) is 26.8 Å². The molecule has 11 heteroatoms. The highest BCUT2D eigenvalue weighted by atomic mass is 32.1. The molecule has 1 aliphatic rings. The van der Waals surface area contributed by atoms with Gasteiger partial charge in [-0.2, -0.15) is 0 Å². The van der Waals surface area contributed by atoms with Gasteiger partial charge < -0.3 is 23.7 Å². The molecule has 0 saturated heterocycles. The summed E-state index contributed by atoms with van der Waals surface area (Å²) in [5.74, 6) is 0.249. The van der Waals surface area contributed by atoms with Crippen LogP contribution in [0.4, 0.5) is 0 Å². The first kappa shape index (κ1) is 28.6. The molecule has 0 spiro atoms. The molecule has 0 unspecified atom stereocenters. The van der Waals surface area contributed by atoms with Crippen molar-refractivity contribution in [3.8, 4) is 22.8 Å². The van der Waals surface area contributed by atoms with E-state index in [2.05, 4.69) is 4.99 Å². The van der Waals surface area contributed by atoms with E-state index in [1.165, 1.54) is 24.9 Å². The van der Waals surface area contributed by atoms with Gasteiger partial charge in [0.2, 0.25) is 0 Å². The molecule has 2 aromatic carbocycles. The van der Waals surface area contributed by atoms with Gasteiger partial charge in [-0.15, -0.1) is 0 Å². The second-order valence-electron chi connectivity index (χ2n) is 9.40. The molecule has 0 aliphatic carbocycles. The number of nitrogens with zero attached hydrogens (tertiary/aromatic N) is 2. The summed E-state index contributed by atoms with van der Waals surface area (Å²) in [4.78, 5) is 43.7. The Hall–Kier alpha value is -4.90. The highest BCUT2D eigenvalue weighted by molar-refractivity contribution is 7.07. The van der Waals surface area contributed by atoms with Crippen molar-refractivity contribution in [3.05, 3.63) is 102 Å². The standard InChI is InChI=1S/C31H28N2O8S/c1-6-40-30(37)26-17(3)32-31-33(27(26)22-12-10-18(38-4)14-24(22)39-5)28(34)25(42-31)15-19-11-13-23(41-19)20-8-7-9-21(16(20)2)29(35)36/h7-15,27H,6H2,1-5H3,(H,35,36)/b25-15-/t27-/m0/s1. The molecule has 1 aliphatic heterocycles. The molecule has 2 aromatic heterocycles. The number of esters is 1. The van der Waals surface area contributed by atoms with Crippen LogP contribution in [0.1, 0.15) is 47.1 Å². The maximum atomic E-state index is 13.9. The summed E-state index contributed by atoms with van der Waals surface area (Å²) in [5, 5.41) is 9.48. The van der Waals surface area contributed by atoms with Gasteiger partial charge in [-0.1, -0.05) is 23.5 Å². The zero-order valence-corrected chi connectivity index (χ0v) is 24.4. The van der Waals surface area contributed by atoms with Gasteiger partial charge in [-0.05, 0) is 56.7 Å². The number of carbonyl (C=O) groups excluding carboxylic acids is 1. The summed E-state index contributed by atoms with van der Waals surface area (Å²) < 4.78 is 24.2. The first-order valence-electron chi connectivity index (χ1n) is 13.0. The highest BCUT2D eigenvalue weighted by Gasteiger charge is 2.35. The van der Waals surface area contributed by atoms with Gasteiger partial charge in [-0.3, -0.25) is 9.36 Å². The van der Waals surface area contributed by atoms with E-state index in [-0.39, 0.29) is 23.3 Å². The van der Waals surface area contributed by atoms with Crippen LogP contribution < -0.4 is 24.4 Å². The molecular weight excluding hydrogens is 560 g/mol. The van der Waals surface area contributed by atoms with Gasteiger partial charge in [0.25, 0.3) is 5.56 Å². The van der Waals surface area contributed by atoms with Crippen LogP contribution in [0, 0.1) is 6.92 Å². The number of carboxylic acids is 1. The number of furan rings is 1. The van der Waals surface area contributed by atoms with Crippen molar-refractivity contribution < 1.29 is 33.3 Å². The minimum absolute atomic E-state index is 0.155. The number of thiazole rings is 1. The van der Waals surface area contributed by atoms with E-state index in [1.54, 1.807) is 69.3 Å². The number of carbonyl (C=O) groups is 2. The lowest BCUT2D eigenvalue weighted by atomic mass is 9.95. The first-order chi connectivity index (χ1) is 20.2. The quantitative estimate of drug-likeness (QED) is 0.305. The van der Waals surface area contributed by atoms with Gasteiger partial charge in [0.1, 0.15) is 29.1 Å². The van der Waals surface area contributed by atoms with Gasteiger partial charge in [0.05, 0.1) is 42.2 Å². The lowest BCUT2D eigenvalue weighted by Gasteiger charge is -2.26. The van der Waals surface area contributed by atoms with E-state index in [4.69, 9.17) is 18.6 Å². The first-order valence-corrected chi connectivity index (χ1v) is 13.8. The van der Waals surface area contributed by atoms with Crippen LogP contribution in [0.15, 0.2) is 74.0 Å². The molecule has 3 heterocycles. The third kappa shape index (κ3) is 5.03. The zero-order valence-electron chi connectivity index (χ0n) is 23.6. The smallest absolute Gasteiger partial charge is 0.338 e. The molecule has 5 rings (SSSR count). The Bertz CT molecular complexity index is 1930. The summed E-state index contributed by atoms with van der Waals surface area (Å²) in [7, 11) is 3.04. The highest BCUT2D eigenvalue weighted by Crippen LogP contribution is 2.37. The molecule has 0 amide bonds. The van der Waals surface area contributed by atoms with Crippen LogP contribution in [0.3, 0.4) is 0 Å². The summed E-state index contributed by atoms with van der Waals surface area (Å²) in [5.41, 5.74) is 2.24. The minimum Gasteiger partial charge on any atom is -0.497 e. The van der Waals surface area contributed by atoms with E-state index in [9.17, 15) is 19.5 Å². The number of methoxy groups -OCH3 is 2. The van der Waals surface area contributed by atoms with E-state index >= 15 is 0 Å². The maximum absolute atomic E-state index is 13.9. The van der Waals surface area contributed by atoms with Crippen LogP contribution in [-0.4, -0.2) is 42.4 Å². The summed E-state index contributed by atoms with van der Waals surface area (Å²) in [6.07, 6.45) is 1.61. The van der Waals surface area contributed by atoms with Crippen molar-refractivity contribution in [1.82, 2.24) is 4.57 Å². The van der Waals surface area contributed by atoms with Crippen LogP contribution >= 0.6 is 11.3 Å². The Kier molecular flexibility index (Phi) is 7.86. The molecule has 1 atom stereocenters. The van der Waals surface area contributed by atoms with Crippen LogP contribution in [0.25, 0.3) is 17.4 Å². The predicted octanol–water partition coefficient (Wildman–Crippen LogP) is 4.08. The average Bonchev–Trinajstić information content (AvgIpc) is 3.55. The molecule has 1 N–H and O–H groups in total. The monoisotopic (exact) mass is 588 g/mol. The summed E-state index contributed by atoms with van der Waals surface area (Å²) >= 11 is 1.16. The number of allylic oxidation sites excluding steroid dienone is 1. The molecule has 10 nitrogen and oxygen atoms in total. The molecule has 0 fully saturated rings. The molecule has 0 radical (unpaired) electrons. The molecule has 216 valence electrons. The van der Waals surface area contributed by atoms with Crippen molar-refractivity contribution in [3.63, 3.8) is 0 Å². The maximum Gasteiger partial charge on any atom is 0.338 e. The van der Waals surface area contributed by atoms with Crippen LogP contribution in [0.5, 0.6) is 11.5 Å². The van der Waals surface area contributed by atoms with Gasteiger partial charge in [0.15, 0.2) is 4.80 Å². The molecule has 0 bridgehead atoms. The van der Waals surface area contributed by atoms with E-state index in [1.807, 2.05) is 0 Å². The normalized spacial score (nSPS) is 14.8. The lowest BCUT2D eigenvalue weighted by Crippen LogP contribution is -2.40. The minimum atomic E-state index is -1.03. The second kappa shape index (κ2) is 11.5. The summed E-state index contributed by atoms with van der Waals surface area (Å²) in [6.45, 7) is 5.29. The predicted molar refractivity (Wildman–Crippen MR) is 156 cm³/mol. The van der Waals surface area contributed by atoms with Gasteiger partial charge in [0, 0.05) is 23.3 Å². The number of hydrogen-bond donors (Lipinski definition) is 1. The fourth-order valence-corrected chi connectivity index (χ4v) is 6.00. The van der Waals surface area contributed by atoms with Crippen LogP contribution in [-0.2, 0) is 9.53 Å². The molecule has 42 heavy (non-hydrogen) atoms. The molecule has 0 saturated carbocycles.